The van der Waals surface area contributed by atoms with Crippen molar-refractivity contribution >= 4 is 17.6 Å². The molecule has 0 saturated heterocycles. The molecular formula is C28H28F4N6O2. The number of carbonyl (C=O) groups is 1. The third-order valence-corrected chi connectivity index (χ3v) is 9.40. The number of halogens is 4. The Morgan fingerprint density at radius 2 is 1.90 bits per heavy atom. The number of nitrogens with one attached hydrogen (secondary N) is 1. The Bertz CT molecular complexity index is 1550. The van der Waals surface area contributed by atoms with Crippen LogP contribution in [0.1, 0.15) is 81.5 Å². The summed E-state index contributed by atoms with van der Waals surface area (Å²) in [5, 5.41) is 20.7. The number of nitrogens with zero attached hydrogens (tertiary/aromatic N) is 4. The third kappa shape index (κ3) is 3.89. The molecule has 2 bridgehead atoms. The van der Waals surface area contributed by atoms with Crippen molar-refractivity contribution in [2.45, 2.75) is 81.8 Å². The number of nitrogen functional groups attached to an aromatic ring is 1. The minimum atomic E-state index is -4.26. The number of aromatic nitrogens is 3. The monoisotopic (exact) mass is 556 g/mol. The molecule has 3 aromatic rings. The van der Waals surface area contributed by atoms with Gasteiger partial charge in [-0.05, 0) is 76.5 Å². The molecule has 2 heterocycles. The summed E-state index contributed by atoms with van der Waals surface area (Å²) in [6, 6.07) is 7.78. The van der Waals surface area contributed by atoms with E-state index in [1.165, 1.54) is 18.2 Å². The van der Waals surface area contributed by atoms with Crippen LogP contribution in [0.5, 0.6) is 0 Å². The average molecular weight is 557 g/mol. The molecule has 1 aromatic carbocycles. The zero-order valence-corrected chi connectivity index (χ0v) is 22.0. The van der Waals surface area contributed by atoms with Gasteiger partial charge in [-0.2, -0.15) is 23.5 Å². The van der Waals surface area contributed by atoms with Gasteiger partial charge >= 0.3 is 6.18 Å². The fourth-order valence-corrected chi connectivity index (χ4v) is 6.43. The Morgan fingerprint density at radius 3 is 2.48 bits per heavy atom. The van der Waals surface area contributed by atoms with Crippen molar-refractivity contribution in [1.82, 2.24) is 14.9 Å². The molecular weight excluding hydrogens is 528 g/mol. The van der Waals surface area contributed by atoms with E-state index in [0.29, 0.717) is 24.1 Å². The number of hydrogen-bond acceptors (Lipinski definition) is 6. The Balaban J connectivity index is 1.18. The molecule has 8 nitrogen and oxygen atoms in total. The van der Waals surface area contributed by atoms with E-state index in [2.05, 4.69) is 15.6 Å². The van der Waals surface area contributed by atoms with Gasteiger partial charge in [0.05, 0.1) is 22.6 Å². The number of carbonyl (C=O) groups excluding carboxylic acids is 1. The maximum absolute atomic E-state index is 15.3. The predicted octanol–water partition coefficient (Wildman–Crippen LogP) is 6.15. The summed E-state index contributed by atoms with van der Waals surface area (Å²) >= 11 is 0. The quantitative estimate of drug-likeness (QED) is 0.351. The summed E-state index contributed by atoms with van der Waals surface area (Å²) in [4.78, 5) is 13.0. The van der Waals surface area contributed by atoms with Gasteiger partial charge in [-0.15, -0.1) is 0 Å². The van der Waals surface area contributed by atoms with E-state index in [1.54, 1.807) is 17.7 Å². The molecule has 1 amide bonds. The molecule has 3 saturated carbocycles. The Kier molecular flexibility index (Phi) is 5.64. The van der Waals surface area contributed by atoms with Gasteiger partial charge in [-0.25, -0.2) is 9.07 Å². The van der Waals surface area contributed by atoms with Gasteiger partial charge in [0.1, 0.15) is 29.0 Å². The summed E-state index contributed by atoms with van der Waals surface area (Å²) in [5.41, 5.74) is 4.62. The molecule has 6 rings (SSSR count). The van der Waals surface area contributed by atoms with Crippen LogP contribution in [0, 0.1) is 22.6 Å². The van der Waals surface area contributed by atoms with Crippen LogP contribution in [0.25, 0.3) is 11.3 Å². The van der Waals surface area contributed by atoms with E-state index in [-0.39, 0.29) is 53.3 Å². The molecule has 1 atom stereocenters. The Hall–Kier alpha value is -3.88. The second kappa shape index (κ2) is 8.56. The normalized spacial score (nSPS) is 25.5. The number of nitriles is 1. The average Bonchev–Trinajstić information content (AvgIpc) is 3.33. The van der Waals surface area contributed by atoms with Crippen molar-refractivity contribution in [2.24, 2.45) is 5.41 Å². The van der Waals surface area contributed by atoms with Crippen molar-refractivity contribution in [3.8, 4) is 17.3 Å². The minimum absolute atomic E-state index is 0.0257. The van der Waals surface area contributed by atoms with Crippen molar-refractivity contribution in [3.05, 3.63) is 46.9 Å². The van der Waals surface area contributed by atoms with Gasteiger partial charge < -0.3 is 10.3 Å². The highest BCUT2D eigenvalue weighted by Crippen LogP contribution is 2.67. The van der Waals surface area contributed by atoms with Gasteiger partial charge in [-0.1, -0.05) is 11.2 Å². The third-order valence-electron chi connectivity index (χ3n) is 9.40. The number of fused-ring (bicyclic) bond motifs is 2. The first-order chi connectivity index (χ1) is 18.8. The highest BCUT2D eigenvalue weighted by atomic mass is 19.4. The molecule has 3 aliphatic rings. The second-order valence-corrected chi connectivity index (χ2v) is 11.9. The van der Waals surface area contributed by atoms with Crippen molar-refractivity contribution < 1.29 is 26.9 Å². The molecule has 1 unspecified atom stereocenters. The summed E-state index contributed by atoms with van der Waals surface area (Å²) in [5.74, 6) is -1.73. The first kappa shape index (κ1) is 26.3. The SMILES string of the molecule is CC(C(=O)Nc1cc(C23CCC(C(F)(F)F)(CC2)C3)no1)c1ccc(-c2nn(C3(C)CC3)c(N)c2C#N)c(F)c1. The lowest BCUT2D eigenvalue weighted by Gasteiger charge is -2.29. The lowest BCUT2D eigenvalue weighted by molar-refractivity contribution is -0.220. The molecule has 3 N–H and O–H groups in total. The fourth-order valence-electron chi connectivity index (χ4n) is 6.43. The maximum Gasteiger partial charge on any atom is 0.394 e. The van der Waals surface area contributed by atoms with Crippen LogP contribution in [0.4, 0.5) is 29.3 Å². The fraction of sp³-hybridized carbons (Fsp3) is 0.500. The van der Waals surface area contributed by atoms with E-state index in [0.717, 1.165) is 12.8 Å². The van der Waals surface area contributed by atoms with Gasteiger partial charge in [0.25, 0.3) is 0 Å². The maximum atomic E-state index is 15.3. The zero-order chi connectivity index (χ0) is 28.7. The number of benzene rings is 1. The van der Waals surface area contributed by atoms with Gasteiger partial charge in [-0.3, -0.25) is 10.1 Å². The zero-order valence-electron chi connectivity index (χ0n) is 22.0. The van der Waals surface area contributed by atoms with Crippen molar-refractivity contribution in [1.29, 1.82) is 5.26 Å². The minimum Gasteiger partial charge on any atom is -0.383 e. The highest BCUT2D eigenvalue weighted by molar-refractivity contribution is 5.94. The topological polar surface area (TPSA) is 123 Å². The molecule has 40 heavy (non-hydrogen) atoms. The highest BCUT2D eigenvalue weighted by Gasteiger charge is 2.67. The van der Waals surface area contributed by atoms with E-state index >= 15 is 4.39 Å². The predicted molar refractivity (Wildman–Crippen MR) is 136 cm³/mol. The van der Waals surface area contributed by atoms with Crippen LogP contribution in [-0.2, 0) is 15.7 Å². The molecule has 0 spiro atoms. The summed E-state index contributed by atoms with van der Waals surface area (Å²) in [7, 11) is 0. The van der Waals surface area contributed by atoms with E-state index in [1.807, 2.05) is 13.0 Å². The molecule has 3 aliphatic carbocycles. The van der Waals surface area contributed by atoms with E-state index in [4.69, 9.17) is 10.3 Å². The number of nitrogens with two attached hydrogens (primary N) is 1. The second-order valence-electron chi connectivity index (χ2n) is 11.9. The lowest BCUT2D eigenvalue weighted by atomic mass is 9.80. The van der Waals surface area contributed by atoms with E-state index in [9.17, 15) is 23.2 Å². The molecule has 3 fully saturated rings. The standard InChI is InChI=1S/C28H28F4N6O2/c1-15(16-3-4-17(19(29)11-16)22-18(13-33)23(34)38(36-22)25(2)5-6-25)24(39)35-21-12-20(37-40-21)26-7-9-27(14-26,10-8-26)28(30,31)32/h3-4,11-12,15H,5-10,14,34H2,1-2H3,(H,35,39). The Labute approximate surface area is 227 Å². The lowest BCUT2D eigenvalue weighted by Crippen LogP contribution is -2.33. The van der Waals surface area contributed by atoms with Crippen molar-refractivity contribution in [3.63, 3.8) is 0 Å². The van der Waals surface area contributed by atoms with Crippen LogP contribution >= 0.6 is 0 Å². The first-order valence-electron chi connectivity index (χ1n) is 13.3. The largest absolute Gasteiger partial charge is 0.394 e. The number of anilines is 2. The van der Waals surface area contributed by atoms with Gasteiger partial charge in [0.2, 0.25) is 11.8 Å². The van der Waals surface area contributed by atoms with Crippen molar-refractivity contribution in [2.75, 3.05) is 11.1 Å². The van der Waals surface area contributed by atoms with Crippen LogP contribution in [0.3, 0.4) is 0 Å². The van der Waals surface area contributed by atoms with Crippen LogP contribution in [-0.4, -0.2) is 27.0 Å². The number of amides is 1. The summed E-state index contributed by atoms with van der Waals surface area (Å²) < 4.78 is 63.1. The number of rotatable bonds is 6. The Morgan fingerprint density at radius 1 is 1.20 bits per heavy atom. The summed E-state index contributed by atoms with van der Waals surface area (Å²) in [6.45, 7) is 3.56. The summed E-state index contributed by atoms with van der Waals surface area (Å²) in [6.07, 6.45) is -1.71. The molecule has 0 aliphatic heterocycles. The number of alkyl halides is 3. The van der Waals surface area contributed by atoms with Crippen LogP contribution in [0.2, 0.25) is 0 Å². The first-order valence-corrected chi connectivity index (χ1v) is 13.3. The number of hydrogen-bond donors (Lipinski definition) is 2. The molecule has 210 valence electrons. The van der Waals surface area contributed by atoms with Gasteiger partial charge in [0.15, 0.2) is 0 Å². The molecule has 12 heteroatoms. The molecule has 0 radical (unpaired) electrons. The van der Waals surface area contributed by atoms with Gasteiger partial charge in [0, 0.05) is 17.0 Å². The molecule has 2 aromatic heterocycles. The van der Waals surface area contributed by atoms with Crippen LogP contribution in [0.15, 0.2) is 28.8 Å². The smallest absolute Gasteiger partial charge is 0.383 e. The van der Waals surface area contributed by atoms with Crippen LogP contribution < -0.4 is 11.1 Å². The van der Waals surface area contributed by atoms with E-state index < -0.39 is 34.6 Å².